The van der Waals surface area contributed by atoms with Crippen molar-refractivity contribution in [3.05, 3.63) is 53.7 Å². The number of amides is 1. The van der Waals surface area contributed by atoms with Gasteiger partial charge >= 0.3 is 0 Å². The molecule has 2 aliphatic rings. The van der Waals surface area contributed by atoms with Gasteiger partial charge in [0.05, 0.1) is 35.9 Å². The lowest BCUT2D eigenvalue weighted by atomic mass is 10.00. The molecule has 0 aliphatic carbocycles. The highest BCUT2D eigenvalue weighted by Gasteiger charge is 2.29. The minimum Gasteiger partial charge on any atom is -0.492 e. The second-order valence-corrected chi connectivity index (χ2v) is 8.36. The number of nitrogens with zero attached hydrogens (tertiary/aromatic N) is 1. The van der Waals surface area contributed by atoms with Crippen molar-refractivity contribution < 1.29 is 18.7 Å². The number of pyridine rings is 1. The first-order chi connectivity index (χ1) is 16.0. The summed E-state index contributed by atoms with van der Waals surface area (Å²) in [6.07, 6.45) is 5.06. The van der Waals surface area contributed by atoms with Gasteiger partial charge in [0.1, 0.15) is 12.4 Å². The molecule has 2 unspecified atom stereocenters. The van der Waals surface area contributed by atoms with Crippen LogP contribution in [0.25, 0.3) is 11.3 Å². The van der Waals surface area contributed by atoms with Crippen molar-refractivity contribution in [3.63, 3.8) is 0 Å². The van der Waals surface area contributed by atoms with Crippen LogP contribution in [-0.2, 0) is 6.42 Å². The highest BCUT2D eigenvalue weighted by Crippen LogP contribution is 2.42. The van der Waals surface area contributed by atoms with Gasteiger partial charge in [-0.2, -0.15) is 0 Å². The minimum absolute atomic E-state index is 0.0750. The zero-order valence-corrected chi connectivity index (χ0v) is 18.5. The van der Waals surface area contributed by atoms with Crippen molar-refractivity contribution in [3.8, 4) is 22.8 Å². The normalized spacial score (nSPS) is 19.3. The van der Waals surface area contributed by atoms with E-state index in [2.05, 4.69) is 32.8 Å². The maximum Gasteiger partial charge on any atom is 0.255 e. The van der Waals surface area contributed by atoms with E-state index in [0.717, 1.165) is 17.7 Å². The number of aromatic amines is 1. The highest BCUT2D eigenvalue weighted by atomic mass is 19.1. The second-order valence-electron chi connectivity index (χ2n) is 8.36. The van der Waals surface area contributed by atoms with Gasteiger partial charge < -0.3 is 30.4 Å². The SMILES string of the molecule is COc1c(F)cccc1Nc1c(-c2ccncc2OCC2CC(C)N2)[nH]c2c1C(=O)NCC2. The molecule has 33 heavy (non-hydrogen) atoms. The molecule has 8 nitrogen and oxygen atoms in total. The van der Waals surface area contributed by atoms with Gasteiger partial charge in [0, 0.05) is 42.5 Å². The molecule has 172 valence electrons. The van der Waals surface area contributed by atoms with Gasteiger partial charge in [-0.25, -0.2) is 4.39 Å². The zero-order valence-electron chi connectivity index (χ0n) is 18.5. The van der Waals surface area contributed by atoms with Crippen LogP contribution in [-0.4, -0.2) is 48.2 Å². The minimum atomic E-state index is -0.493. The van der Waals surface area contributed by atoms with E-state index < -0.39 is 5.82 Å². The van der Waals surface area contributed by atoms with E-state index in [1.807, 2.05) is 6.07 Å². The molecule has 1 saturated heterocycles. The molecule has 2 aromatic heterocycles. The Hall–Kier alpha value is -3.59. The first-order valence-electron chi connectivity index (χ1n) is 11.0. The lowest BCUT2D eigenvalue weighted by Crippen LogP contribution is -2.53. The van der Waals surface area contributed by atoms with E-state index >= 15 is 0 Å². The average Bonchev–Trinajstić information content (AvgIpc) is 3.16. The number of hydrogen-bond donors (Lipinski definition) is 4. The zero-order chi connectivity index (χ0) is 22.9. The summed E-state index contributed by atoms with van der Waals surface area (Å²) in [5, 5.41) is 9.54. The van der Waals surface area contributed by atoms with Crippen LogP contribution in [0.1, 0.15) is 29.4 Å². The molecule has 1 fully saturated rings. The Morgan fingerprint density at radius 2 is 2.15 bits per heavy atom. The molecule has 1 amide bonds. The topological polar surface area (TPSA) is 100 Å². The third kappa shape index (κ3) is 4.00. The Morgan fingerprint density at radius 3 is 2.94 bits per heavy atom. The fraction of sp³-hybridized carbons (Fsp3) is 0.333. The maximum absolute atomic E-state index is 14.3. The molecular weight excluding hydrogens is 425 g/mol. The first-order valence-corrected chi connectivity index (χ1v) is 11.0. The number of hydrogen-bond acceptors (Lipinski definition) is 6. The lowest BCUT2D eigenvalue weighted by Gasteiger charge is -2.34. The van der Waals surface area contributed by atoms with Crippen LogP contribution in [0.2, 0.25) is 0 Å². The molecule has 1 aromatic carbocycles. The molecule has 3 aromatic rings. The standard InChI is InChI=1S/C24H26FN5O3/c1-13-10-14(28-13)12-33-19-11-26-8-6-15(19)21-22(20-17(29-21)7-9-27-24(20)31)30-18-5-3-4-16(25)23(18)32-2/h3-6,8,11,13-14,28-30H,7,9-10,12H2,1-2H3,(H,27,31). The van der Waals surface area contributed by atoms with E-state index in [1.165, 1.54) is 13.2 Å². The van der Waals surface area contributed by atoms with Crippen molar-refractivity contribution in [2.45, 2.75) is 31.8 Å². The summed E-state index contributed by atoms with van der Waals surface area (Å²) in [5.74, 6) is -0.00743. The van der Waals surface area contributed by atoms with Gasteiger partial charge in [0.15, 0.2) is 11.6 Å². The number of para-hydroxylation sites is 1. The van der Waals surface area contributed by atoms with E-state index in [-0.39, 0.29) is 11.7 Å². The number of carbonyl (C=O) groups is 1. The van der Waals surface area contributed by atoms with Crippen LogP contribution in [0.5, 0.6) is 11.5 Å². The Balaban J connectivity index is 1.57. The first kappa shape index (κ1) is 21.3. The summed E-state index contributed by atoms with van der Waals surface area (Å²) in [6, 6.07) is 7.26. The van der Waals surface area contributed by atoms with Crippen molar-refractivity contribution in [1.82, 2.24) is 20.6 Å². The van der Waals surface area contributed by atoms with E-state index in [9.17, 15) is 9.18 Å². The summed E-state index contributed by atoms with van der Waals surface area (Å²) in [5.41, 5.74) is 3.71. The molecule has 9 heteroatoms. The number of carbonyl (C=O) groups excluding carboxylic acids is 1. The number of H-pyrrole nitrogens is 1. The van der Waals surface area contributed by atoms with Crippen LogP contribution in [0.3, 0.4) is 0 Å². The molecule has 2 aliphatic heterocycles. The molecule has 0 bridgehead atoms. The number of rotatable bonds is 7. The molecule has 4 N–H and O–H groups in total. The monoisotopic (exact) mass is 451 g/mol. The van der Waals surface area contributed by atoms with Crippen LogP contribution >= 0.6 is 0 Å². The maximum atomic E-state index is 14.3. The average molecular weight is 452 g/mol. The quantitative estimate of drug-likeness (QED) is 0.440. The number of halogens is 1. The van der Waals surface area contributed by atoms with Crippen LogP contribution in [0, 0.1) is 5.82 Å². The fourth-order valence-electron chi connectivity index (χ4n) is 4.47. The fourth-order valence-corrected chi connectivity index (χ4v) is 4.47. The van der Waals surface area contributed by atoms with Gasteiger partial charge in [-0.3, -0.25) is 9.78 Å². The Bertz CT molecular complexity index is 1190. The number of nitrogens with one attached hydrogen (secondary N) is 4. The molecule has 4 heterocycles. The van der Waals surface area contributed by atoms with Gasteiger partial charge in [0.25, 0.3) is 5.91 Å². The Labute approximate surface area is 190 Å². The number of aromatic nitrogens is 2. The number of anilines is 2. The summed E-state index contributed by atoms with van der Waals surface area (Å²) < 4.78 is 25.7. The van der Waals surface area contributed by atoms with E-state index in [1.54, 1.807) is 24.5 Å². The number of methoxy groups -OCH3 is 1. The van der Waals surface area contributed by atoms with E-state index in [4.69, 9.17) is 9.47 Å². The van der Waals surface area contributed by atoms with Gasteiger partial charge in [-0.15, -0.1) is 0 Å². The van der Waals surface area contributed by atoms with Crippen molar-refractivity contribution in [1.29, 1.82) is 0 Å². The number of fused-ring (bicyclic) bond motifs is 1. The van der Waals surface area contributed by atoms with E-state index in [0.29, 0.717) is 60.0 Å². The van der Waals surface area contributed by atoms with Crippen molar-refractivity contribution >= 4 is 17.3 Å². The summed E-state index contributed by atoms with van der Waals surface area (Å²) in [7, 11) is 1.41. The molecular formula is C24H26FN5O3. The molecule has 0 radical (unpaired) electrons. The van der Waals surface area contributed by atoms with Crippen LogP contribution < -0.4 is 25.4 Å². The molecule has 2 atom stereocenters. The van der Waals surface area contributed by atoms with Crippen LogP contribution in [0.15, 0.2) is 36.7 Å². The second kappa shape index (κ2) is 8.74. The Kier molecular flexibility index (Phi) is 5.63. The van der Waals surface area contributed by atoms with Gasteiger partial charge in [-0.05, 0) is 31.5 Å². The highest BCUT2D eigenvalue weighted by molar-refractivity contribution is 6.06. The largest absolute Gasteiger partial charge is 0.492 e. The third-order valence-corrected chi connectivity index (χ3v) is 6.05. The van der Waals surface area contributed by atoms with Crippen molar-refractivity contribution in [2.24, 2.45) is 0 Å². The van der Waals surface area contributed by atoms with Crippen LogP contribution in [0.4, 0.5) is 15.8 Å². The predicted molar refractivity (Wildman–Crippen MR) is 123 cm³/mol. The van der Waals surface area contributed by atoms with Gasteiger partial charge in [-0.1, -0.05) is 6.07 Å². The lowest BCUT2D eigenvalue weighted by molar-refractivity contribution is 0.0947. The number of ether oxygens (including phenoxy) is 2. The molecule has 0 spiro atoms. The molecule has 5 rings (SSSR count). The summed E-state index contributed by atoms with van der Waals surface area (Å²) in [6.45, 7) is 3.20. The Morgan fingerprint density at radius 1 is 1.30 bits per heavy atom. The smallest absolute Gasteiger partial charge is 0.255 e. The third-order valence-electron chi connectivity index (χ3n) is 6.05. The molecule has 0 saturated carbocycles. The summed E-state index contributed by atoms with van der Waals surface area (Å²) in [4.78, 5) is 20.4. The summed E-state index contributed by atoms with van der Waals surface area (Å²) >= 11 is 0. The van der Waals surface area contributed by atoms with Crippen molar-refractivity contribution in [2.75, 3.05) is 25.6 Å². The van der Waals surface area contributed by atoms with Gasteiger partial charge in [0.2, 0.25) is 0 Å². The number of benzene rings is 1. The predicted octanol–water partition coefficient (Wildman–Crippen LogP) is 3.38.